The number of carboxylic acid groups (broad SMARTS) is 1. The van der Waals surface area contributed by atoms with Crippen molar-refractivity contribution < 1.29 is 14.7 Å². The third kappa shape index (κ3) is 4.02. The quantitative estimate of drug-likeness (QED) is 0.675. The Morgan fingerprint density at radius 2 is 1.68 bits per heavy atom. The maximum atomic E-state index is 11.2. The average Bonchev–Trinajstić information content (AvgIpc) is 2.95. The van der Waals surface area contributed by atoms with E-state index in [9.17, 15) is 9.59 Å². The lowest BCUT2D eigenvalue weighted by Gasteiger charge is -1.98. The number of hydrogen-bond acceptors (Lipinski definition) is 2. The average molecular weight is 261 g/mol. The maximum absolute atomic E-state index is 11.2. The molecule has 2 aromatic rings. The van der Waals surface area contributed by atoms with Crippen molar-refractivity contribution in [2.45, 2.75) is 18.9 Å². The Hall–Kier alpha value is -2.50. The number of rotatable bonds is 3. The van der Waals surface area contributed by atoms with E-state index in [1.165, 1.54) is 12.3 Å². The van der Waals surface area contributed by atoms with Crippen LogP contribution in [0.4, 0.5) is 0 Å². The number of carbonyl (C=O) groups excluding carboxylic acids is 1. The van der Waals surface area contributed by atoms with E-state index in [0.717, 1.165) is 18.4 Å². The highest BCUT2D eigenvalue weighted by atomic mass is 16.4. The van der Waals surface area contributed by atoms with E-state index in [-0.39, 0.29) is 5.91 Å². The summed E-state index contributed by atoms with van der Waals surface area (Å²) in [5.74, 6) is -0.861. The van der Waals surface area contributed by atoms with Crippen LogP contribution in [0.3, 0.4) is 0 Å². The van der Waals surface area contributed by atoms with Crippen LogP contribution in [0.1, 0.15) is 33.6 Å². The number of carboxylic acids is 1. The Morgan fingerprint density at radius 3 is 2.05 bits per heavy atom. The largest absolute Gasteiger partial charge is 0.478 e. The van der Waals surface area contributed by atoms with Crippen LogP contribution in [0.15, 0.2) is 36.9 Å². The molecule has 3 rings (SSSR count). The highest BCUT2D eigenvalue weighted by Crippen LogP contribution is 2.19. The van der Waals surface area contributed by atoms with E-state index in [0.29, 0.717) is 11.6 Å². The van der Waals surface area contributed by atoms with Gasteiger partial charge in [0, 0.05) is 30.8 Å². The fraction of sp³-hybridized carbons (Fsp3) is 0.231. The lowest BCUT2D eigenvalue weighted by Crippen LogP contribution is -2.24. The molecule has 1 saturated carbocycles. The van der Waals surface area contributed by atoms with Gasteiger partial charge in [-0.15, -0.1) is 0 Å². The topological polar surface area (TPSA) is 98.0 Å². The van der Waals surface area contributed by atoms with Gasteiger partial charge in [0.05, 0.1) is 11.1 Å². The second kappa shape index (κ2) is 5.90. The summed E-state index contributed by atoms with van der Waals surface area (Å²) in [5, 5.41) is 11.2. The lowest BCUT2D eigenvalue weighted by molar-refractivity contribution is 0.0697. The molecule has 1 aliphatic rings. The van der Waals surface area contributed by atoms with Crippen molar-refractivity contribution in [2.75, 3.05) is 0 Å². The monoisotopic (exact) mass is 261 g/mol. The molecule has 0 unspecified atom stereocenters. The molecule has 6 heteroatoms. The van der Waals surface area contributed by atoms with Crippen LogP contribution in [0.2, 0.25) is 0 Å². The van der Waals surface area contributed by atoms with Gasteiger partial charge in [0.2, 0.25) is 0 Å². The molecule has 0 atom stereocenters. The zero-order valence-electron chi connectivity index (χ0n) is 10.2. The molecule has 0 spiro atoms. The molecule has 2 aromatic heterocycles. The van der Waals surface area contributed by atoms with Crippen molar-refractivity contribution in [3.05, 3.63) is 48.0 Å². The molecule has 6 nitrogen and oxygen atoms in total. The molecule has 100 valence electrons. The number of carbonyl (C=O) groups is 2. The summed E-state index contributed by atoms with van der Waals surface area (Å²) in [5.41, 5.74) is 1.02. The Morgan fingerprint density at radius 1 is 1.11 bits per heavy atom. The SMILES string of the molecule is O=C(NC1CC1)c1cc[nH]c1.O=C(O)c1cc[nH]c1. The molecule has 1 fully saturated rings. The Labute approximate surface area is 109 Å². The summed E-state index contributed by atoms with van der Waals surface area (Å²) in [6, 6.07) is 3.72. The summed E-state index contributed by atoms with van der Waals surface area (Å²) >= 11 is 0. The van der Waals surface area contributed by atoms with E-state index in [1.54, 1.807) is 24.7 Å². The van der Waals surface area contributed by atoms with Gasteiger partial charge in [-0.05, 0) is 25.0 Å². The van der Waals surface area contributed by atoms with E-state index in [4.69, 9.17) is 5.11 Å². The van der Waals surface area contributed by atoms with Crippen LogP contribution in [0.25, 0.3) is 0 Å². The maximum Gasteiger partial charge on any atom is 0.337 e. The molecule has 19 heavy (non-hydrogen) atoms. The van der Waals surface area contributed by atoms with Crippen LogP contribution in [-0.4, -0.2) is 33.0 Å². The molecule has 0 saturated heterocycles. The summed E-state index contributed by atoms with van der Waals surface area (Å²) < 4.78 is 0. The normalized spacial score (nSPS) is 13.3. The van der Waals surface area contributed by atoms with Crippen molar-refractivity contribution in [3.63, 3.8) is 0 Å². The van der Waals surface area contributed by atoms with Crippen LogP contribution in [0, 0.1) is 0 Å². The number of hydrogen-bond donors (Lipinski definition) is 4. The predicted octanol–water partition coefficient (Wildman–Crippen LogP) is 1.62. The van der Waals surface area contributed by atoms with Crippen LogP contribution in [-0.2, 0) is 0 Å². The zero-order valence-corrected chi connectivity index (χ0v) is 10.2. The Balaban J connectivity index is 0.000000148. The fourth-order valence-corrected chi connectivity index (χ4v) is 1.42. The first-order valence-corrected chi connectivity index (χ1v) is 5.96. The summed E-state index contributed by atoms with van der Waals surface area (Å²) in [6.07, 6.45) is 8.73. The van der Waals surface area contributed by atoms with Crippen LogP contribution in [0.5, 0.6) is 0 Å². The minimum atomic E-state index is -0.897. The zero-order chi connectivity index (χ0) is 13.7. The highest BCUT2D eigenvalue weighted by Gasteiger charge is 2.23. The van der Waals surface area contributed by atoms with Gasteiger partial charge in [-0.25, -0.2) is 4.79 Å². The van der Waals surface area contributed by atoms with E-state index in [1.807, 2.05) is 0 Å². The molecule has 0 bridgehead atoms. The molecular formula is C13H15N3O3. The van der Waals surface area contributed by atoms with Crippen molar-refractivity contribution in [3.8, 4) is 0 Å². The van der Waals surface area contributed by atoms with Crippen LogP contribution >= 0.6 is 0 Å². The Bertz CT molecular complexity index is 527. The van der Waals surface area contributed by atoms with Crippen molar-refractivity contribution in [1.82, 2.24) is 15.3 Å². The molecule has 0 radical (unpaired) electrons. The molecule has 4 N–H and O–H groups in total. The highest BCUT2D eigenvalue weighted by molar-refractivity contribution is 5.94. The molecule has 2 heterocycles. The lowest BCUT2D eigenvalue weighted by atomic mass is 10.3. The number of nitrogens with one attached hydrogen (secondary N) is 3. The fourth-order valence-electron chi connectivity index (χ4n) is 1.42. The number of aromatic amines is 2. The van der Waals surface area contributed by atoms with Gasteiger partial charge in [0.1, 0.15) is 0 Å². The van der Waals surface area contributed by atoms with Crippen molar-refractivity contribution >= 4 is 11.9 Å². The molecule has 1 aliphatic carbocycles. The Kier molecular flexibility index (Phi) is 4.02. The molecule has 0 aliphatic heterocycles. The van der Waals surface area contributed by atoms with Crippen molar-refractivity contribution in [2.24, 2.45) is 0 Å². The number of aromatic nitrogens is 2. The third-order valence-corrected chi connectivity index (χ3v) is 2.62. The van der Waals surface area contributed by atoms with E-state index < -0.39 is 5.97 Å². The first kappa shape index (κ1) is 12.9. The van der Waals surface area contributed by atoms with E-state index >= 15 is 0 Å². The molecule has 0 aromatic carbocycles. The second-order valence-electron chi connectivity index (χ2n) is 4.25. The number of aromatic carboxylic acids is 1. The van der Waals surface area contributed by atoms with Gasteiger partial charge in [-0.3, -0.25) is 4.79 Å². The molecular weight excluding hydrogens is 246 g/mol. The smallest absolute Gasteiger partial charge is 0.337 e. The standard InChI is InChI=1S/C8H10N2O.C5H5NO2/c11-8(10-7-1-2-7)6-3-4-9-5-6;7-5(8)4-1-2-6-3-4/h3-5,7,9H,1-2H2,(H,10,11);1-3,6H,(H,7,8). The summed E-state index contributed by atoms with van der Waals surface area (Å²) in [6.45, 7) is 0. The molecule has 1 amide bonds. The van der Waals surface area contributed by atoms with Crippen molar-refractivity contribution in [1.29, 1.82) is 0 Å². The summed E-state index contributed by atoms with van der Waals surface area (Å²) in [4.78, 5) is 26.7. The first-order chi connectivity index (χ1) is 9.16. The number of amides is 1. The summed E-state index contributed by atoms with van der Waals surface area (Å²) in [7, 11) is 0. The van der Waals surface area contributed by atoms with Gasteiger partial charge in [-0.1, -0.05) is 0 Å². The van der Waals surface area contributed by atoms with Crippen LogP contribution < -0.4 is 5.32 Å². The van der Waals surface area contributed by atoms with Gasteiger partial charge < -0.3 is 20.4 Å². The third-order valence-electron chi connectivity index (χ3n) is 2.62. The van der Waals surface area contributed by atoms with Gasteiger partial charge in [0.15, 0.2) is 0 Å². The first-order valence-electron chi connectivity index (χ1n) is 5.96. The van der Waals surface area contributed by atoms with E-state index in [2.05, 4.69) is 15.3 Å². The predicted molar refractivity (Wildman–Crippen MR) is 69.0 cm³/mol. The van der Waals surface area contributed by atoms with Gasteiger partial charge in [0.25, 0.3) is 5.91 Å². The van der Waals surface area contributed by atoms with Gasteiger partial charge >= 0.3 is 5.97 Å². The minimum absolute atomic E-state index is 0.0359. The minimum Gasteiger partial charge on any atom is -0.478 e. The van der Waals surface area contributed by atoms with Gasteiger partial charge in [-0.2, -0.15) is 0 Å². The number of H-pyrrole nitrogens is 2. The second-order valence-corrected chi connectivity index (χ2v) is 4.25.